The maximum atomic E-state index is 14.6. The lowest BCUT2D eigenvalue weighted by atomic mass is 10.2. The van der Waals surface area contributed by atoms with E-state index in [0.717, 1.165) is 6.92 Å². The molecule has 0 aliphatic heterocycles. The Hall–Kier alpha value is -3.34. The number of ether oxygens (including phenoxy) is 1. The monoisotopic (exact) mass is 428 g/mol. The molecule has 0 aliphatic rings. The quantitative estimate of drug-likeness (QED) is 0.437. The maximum Gasteiger partial charge on any atom is 0.355 e. The molecule has 0 N–H and O–H groups in total. The van der Waals surface area contributed by atoms with E-state index in [2.05, 4.69) is 5.10 Å². The van der Waals surface area contributed by atoms with E-state index in [1.54, 1.807) is 24.3 Å². The van der Waals surface area contributed by atoms with Crippen molar-refractivity contribution in [2.24, 2.45) is 0 Å². The van der Waals surface area contributed by atoms with Crippen LogP contribution in [0.25, 0.3) is 5.69 Å². The molecule has 0 atom stereocenters. The fourth-order valence-corrected chi connectivity index (χ4v) is 2.68. The Morgan fingerprint density at radius 1 is 1.28 bits per heavy atom. The van der Waals surface area contributed by atoms with Crippen LogP contribution in [-0.4, -0.2) is 19.3 Å². The largest absolute Gasteiger partial charge is 0.482 e. The number of benzene rings is 2. The third kappa shape index (κ3) is 4.09. The Bertz CT molecular complexity index is 1130. The Labute approximate surface area is 165 Å². The van der Waals surface area contributed by atoms with Crippen LogP contribution in [0.2, 0.25) is 5.02 Å². The number of nitrogens with zero attached hydrogens (tertiary/aromatic N) is 4. The first-order valence-electron chi connectivity index (χ1n) is 8.01. The fraction of sp³-hybridized carbons (Fsp3) is 0.176. The van der Waals surface area contributed by atoms with Gasteiger partial charge in [-0.25, -0.2) is 13.8 Å². The topological polar surface area (TPSA) is 92.2 Å². The van der Waals surface area contributed by atoms with E-state index in [1.165, 1.54) is 0 Å². The molecule has 29 heavy (non-hydrogen) atoms. The third-order valence-corrected chi connectivity index (χ3v) is 4.19. The zero-order valence-corrected chi connectivity index (χ0v) is 15.4. The van der Waals surface area contributed by atoms with E-state index < -0.39 is 40.1 Å². The Morgan fingerprint density at radius 2 is 1.93 bits per heavy atom. The summed E-state index contributed by atoms with van der Waals surface area (Å²) in [5, 5.41) is 15.4. The first-order valence-corrected chi connectivity index (χ1v) is 8.38. The average molecular weight is 429 g/mol. The minimum Gasteiger partial charge on any atom is -0.482 e. The van der Waals surface area contributed by atoms with Crippen LogP contribution in [0.3, 0.4) is 0 Å². The third-order valence-electron chi connectivity index (χ3n) is 3.94. The van der Waals surface area contributed by atoms with Crippen molar-refractivity contribution in [3.63, 3.8) is 0 Å². The molecular formula is C17H12ClF3N4O4. The molecule has 3 aromatic rings. The normalized spacial score (nSPS) is 11.1. The zero-order chi connectivity index (χ0) is 21.3. The second-order valence-electron chi connectivity index (χ2n) is 5.83. The molecule has 0 saturated heterocycles. The molecule has 8 nitrogen and oxygen atoms in total. The molecule has 0 spiro atoms. The van der Waals surface area contributed by atoms with Gasteiger partial charge in [0, 0.05) is 17.2 Å². The molecule has 0 fully saturated rings. The summed E-state index contributed by atoms with van der Waals surface area (Å²) in [5.74, 6) is -1.89. The van der Waals surface area contributed by atoms with Crippen molar-refractivity contribution < 1.29 is 22.8 Å². The average Bonchev–Trinajstić information content (AvgIpc) is 2.95. The number of rotatable bonds is 6. The summed E-state index contributed by atoms with van der Waals surface area (Å²) in [5.41, 5.74) is -2.02. The van der Waals surface area contributed by atoms with Gasteiger partial charge >= 0.3 is 17.9 Å². The Morgan fingerprint density at radius 3 is 2.48 bits per heavy atom. The number of aromatic nitrogens is 3. The van der Waals surface area contributed by atoms with Crippen molar-refractivity contribution in [3.8, 4) is 11.4 Å². The van der Waals surface area contributed by atoms with Crippen molar-refractivity contribution in [1.29, 1.82) is 0 Å². The van der Waals surface area contributed by atoms with Gasteiger partial charge in [0.15, 0.2) is 5.82 Å². The second-order valence-corrected chi connectivity index (χ2v) is 6.27. The summed E-state index contributed by atoms with van der Waals surface area (Å²) in [6, 6.07) is 7.83. The van der Waals surface area contributed by atoms with Gasteiger partial charge in [0.25, 0.3) is 0 Å². The molecule has 0 saturated carbocycles. The molecule has 12 heteroatoms. The zero-order valence-electron chi connectivity index (χ0n) is 14.7. The molecular weight excluding hydrogens is 417 g/mol. The number of nitro groups is 1. The highest BCUT2D eigenvalue weighted by atomic mass is 35.5. The molecule has 0 radical (unpaired) electrons. The molecule has 0 bridgehead atoms. The van der Waals surface area contributed by atoms with Crippen LogP contribution >= 0.6 is 11.6 Å². The lowest BCUT2D eigenvalue weighted by Crippen LogP contribution is -2.25. The molecule has 1 heterocycles. The van der Waals surface area contributed by atoms with Crippen LogP contribution in [0.5, 0.6) is 5.75 Å². The molecule has 1 aromatic heterocycles. The summed E-state index contributed by atoms with van der Waals surface area (Å²) >= 11 is 5.77. The Kier molecular flexibility index (Phi) is 5.59. The number of alkyl halides is 2. The van der Waals surface area contributed by atoms with Crippen LogP contribution in [0.15, 0.2) is 41.2 Å². The number of nitro benzene ring substituents is 1. The van der Waals surface area contributed by atoms with Crippen LogP contribution in [-0.2, 0) is 6.61 Å². The van der Waals surface area contributed by atoms with Gasteiger partial charge in [-0.2, -0.15) is 13.5 Å². The van der Waals surface area contributed by atoms with Crippen LogP contribution in [0.1, 0.15) is 17.9 Å². The van der Waals surface area contributed by atoms with Crippen molar-refractivity contribution >= 4 is 17.3 Å². The summed E-state index contributed by atoms with van der Waals surface area (Å²) in [4.78, 5) is 22.6. The highest BCUT2D eigenvalue weighted by molar-refractivity contribution is 6.30. The van der Waals surface area contributed by atoms with Crippen LogP contribution in [0, 0.1) is 22.9 Å². The smallest absolute Gasteiger partial charge is 0.355 e. The summed E-state index contributed by atoms with van der Waals surface area (Å²) in [6.45, 7) is -2.19. The van der Waals surface area contributed by atoms with Crippen molar-refractivity contribution in [2.75, 3.05) is 0 Å². The van der Waals surface area contributed by atoms with E-state index in [9.17, 15) is 28.1 Å². The number of hydrogen-bond acceptors (Lipinski definition) is 5. The van der Waals surface area contributed by atoms with E-state index in [1.807, 2.05) is 0 Å². The number of hydrogen-bond donors (Lipinski definition) is 0. The van der Waals surface area contributed by atoms with Crippen LogP contribution in [0.4, 0.5) is 18.9 Å². The van der Waals surface area contributed by atoms with Gasteiger partial charge < -0.3 is 4.74 Å². The minimum atomic E-state index is -3.20. The summed E-state index contributed by atoms with van der Waals surface area (Å²) in [6.07, 6.45) is 0. The molecule has 2 aromatic carbocycles. The highest BCUT2D eigenvalue weighted by Crippen LogP contribution is 2.32. The maximum absolute atomic E-state index is 14.6. The van der Waals surface area contributed by atoms with E-state index in [0.29, 0.717) is 27.4 Å². The molecule has 152 valence electrons. The summed E-state index contributed by atoms with van der Waals surface area (Å²) in [7, 11) is 0. The van der Waals surface area contributed by atoms with Crippen LogP contribution < -0.4 is 10.4 Å². The predicted molar refractivity (Wildman–Crippen MR) is 96.2 cm³/mol. The van der Waals surface area contributed by atoms with Gasteiger partial charge in [-0.1, -0.05) is 23.7 Å². The van der Waals surface area contributed by atoms with E-state index in [4.69, 9.17) is 16.3 Å². The van der Waals surface area contributed by atoms with Gasteiger partial charge in [-0.05, 0) is 24.6 Å². The van der Waals surface area contributed by atoms with E-state index in [-0.39, 0.29) is 17.0 Å². The lowest BCUT2D eigenvalue weighted by molar-refractivity contribution is -0.386. The molecule has 3 rings (SSSR count). The minimum absolute atomic E-state index is 0.0379. The lowest BCUT2D eigenvalue weighted by Gasteiger charge is -2.09. The van der Waals surface area contributed by atoms with Gasteiger partial charge in [0.1, 0.15) is 18.1 Å². The first-order chi connectivity index (χ1) is 13.7. The Balaban J connectivity index is 2.01. The van der Waals surface area contributed by atoms with Gasteiger partial charge in [0.05, 0.1) is 4.92 Å². The SMILES string of the molecule is Cc1nn(-c2cc([N+](=O)[O-])c(OCc3ccc(Cl)cc3)cc2F)c(=O)n1C(F)F. The van der Waals surface area contributed by atoms with Crippen molar-refractivity contribution in [1.82, 2.24) is 14.3 Å². The fourth-order valence-electron chi connectivity index (χ4n) is 2.55. The van der Waals surface area contributed by atoms with Gasteiger partial charge in [-0.3, -0.25) is 10.1 Å². The van der Waals surface area contributed by atoms with Gasteiger partial charge in [0.2, 0.25) is 5.75 Å². The van der Waals surface area contributed by atoms with E-state index >= 15 is 0 Å². The number of aryl methyl sites for hydroxylation is 1. The van der Waals surface area contributed by atoms with Crippen molar-refractivity contribution in [2.45, 2.75) is 20.1 Å². The predicted octanol–water partition coefficient (Wildman–Crippen LogP) is 4.02. The molecule has 0 amide bonds. The summed E-state index contributed by atoms with van der Waals surface area (Å²) < 4.78 is 46.2. The van der Waals surface area contributed by atoms with Crippen molar-refractivity contribution in [3.05, 3.63) is 79.2 Å². The first kappa shape index (κ1) is 20.4. The van der Waals surface area contributed by atoms with Gasteiger partial charge in [-0.15, -0.1) is 5.10 Å². The standard InChI is InChI=1S/C17H12ClF3N4O4/c1-9-22-24(17(26)23(9)16(20)21)13-7-14(25(27)28)15(6-12(13)19)29-8-10-2-4-11(18)5-3-10/h2-7,16H,8H2,1H3. The molecule has 0 aliphatic carbocycles. The molecule has 0 unspecified atom stereocenters. The second kappa shape index (κ2) is 7.95. The highest BCUT2D eigenvalue weighted by Gasteiger charge is 2.25. The number of halogens is 4.